The van der Waals surface area contributed by atoms with Crippen molar-refractivity contribution in [3.8, 4) is 11.3 Å². The normalized spacial score (nSPS) is 19.1. The topological polar surface area (TPSA) is 67.6 Å². The molecule has 2 aromatic heterocycles. The van der Waals surface area contributed by atoms with Gasteiger partial charge in [0.15, 0.2) is 5.82 Å². The first-order valence-corrected chi connectivity index (χ1v) is 6.70. The molecule has 0 aromatic carbocycles. The molecular formula is C14H16F2N4. The van der Waals surface area contributed by atoms with Crippen molar-refractivity contribution >= 4 is 5.82 Å². The highest BCUT2D eigenvalue weighted by Gasteiger charge is 2.37. The summed E-state index contributed by atoms with van der Waals surface area (Å²) in [4.78, 5) is 4.28. The number of nitrogens with one attached hydrogen (secondary N) is 1. The van der Waals surface area contributed by atoms with E-state index in [1.54, 1.807) is 6.20 Å². The quantitative estimate of drug-likeness (QED) is 0.885. The van der Waals surface area contributed by atoms with Crippen molar-refractivity contribution < 1.29 is 8.78 Å². The Labute approximate surface area is 115 Å². The summed E-state index contributed by atoms with van der Waals surface area (Å²) in [6.07, 6.45) is 2.39. The first-order chi connectivity index (χ1) is 9.57. The van der Waals surface area contributed by atoms with Crippen LogP contribution in [0, 0.1) is 0 Å². The van der Waals surface area contributed by atoms with E-state index in [4.69, 9.17) is 5.73 Å². The Balaban J connectivity index is 1.92. The Hall–Kier alpha value is -1.98. The molecule has 0 bridgehead atoms. The minimum Gasteiger partial charge on any atom is -0.382 e. The van der Waals surface area contributed by atoms with Crippen LogP contribution in [0.2, 0.25) is 0 Å². The van der Waals surface area contributed by atoms with Crippen LogP contribution in [0.1, 0.15) is 37.3 Å². The second-order valence-electron chi connectivity index (χ2n) is 5.24. The Kier molecular flexibility index (Phi) is 3.16. The minimum absolute atomic E-state index is 0.0384. The fourth-order valence-corrected chi connectivity index (χ4v) is 2.77. The molecule has 20 heavy (non-hydrogen) atoms. The number of aromatic amines is 1. The maximum absolute atomic E-state index is 13.3. The lowest BCUT2D eigenvalue weighted by molar-refractivity contribution is -0.0384. The molecule has 1 aliphatic rings. The van der Waals surface area contributed by atoms with E-state index in [0.717, 1.165) is 17.0 Å². The molecule has 6 heteroatoms. The van der Waals surface area contributed by atoms with Gasteiger partial charge in [-0.1, -0.05) is 6.07 Å². The number of hydrogen-bond acceptors (Lipinski definition) is 3. The van der Waals surface area contributed by atoms with E-state index in [9.17, 15) is 8.78 Å². The van der Waals surface area contributed by atoms with Gasteiger partial charge in [0.1, 0.15) is 0 Å². The van der Waals surface area contributed by atoms with Gasteiger partial charge in [-0.3, -0.25) is 10.1 Å². The molecule has 0 unspecified atom stereocenters. The van der Waals surface area contributed by atoms with Gasteiger partial charge in [0.25, 0.3) is 0 Å². The fourth-order valence-electron chi connectivity index (χ4n) is 2.77. The van der Waals surface area contributed by atoms with E-state index in [2.05, 4.69) is 15.2 Å². The zero-order valence-electron chi connectivity index (χ0n) is 10.9. The van der Waals surface area contributed by atoms with Gasteiger partial charge in [-0.25, -0.2) is 8.78 Å². The van der Waals surface area contributed by atoms with Crippen molar-refractivity contribution in [3.05, 3.63) is 30.1 Å². The fraction of sp³-hybridized carbons (Fsp3) is 0.429. The van der Waals surface area contributed by atoms with Crippen molar-refractivity contribution in [1.29, 1.82) is 0 Å². The average molecular weight is 278 g/mol. The van der Waals surface area contributed by atoms with Gasteiger partial charge in [0.05, 0.1) is 11.3 Å². The summed E-state index contributed by atoms with van der Waals surface area (Å²) >= 11 is 0. The van der Waals surface area contributed by atoms with E-state index < -0.39 is 5.92 Å². The second-order valence-corrected chi connectivity index (χ2v) is 5.24. The maximum Gasteiger partial charge on any atom is 0.248 e. The molecule has 4 nitrogen and oxygen atoms in total. The number of nitrogens with zero attached hydrogens (tertiary/aromatic N) is 2. The number of nitrogen functional groups attached to an aromatic ring is 1. The second kappa shape index (κ2) is 4.85. The Morgan fingerprint density at radius 2 is 2.00 bits per heavy atom. The summed E-state index contributed by atoms with van der Waals surface area (Å²) in [6.45, 7) is 0. The Morgan fingerprint density at radius 3 is 2.65 bits per heavy atom. The number of hydrogen-bond donors (Lipinski definition) is 2. The van der Waals surface area contributed by atoms with Crippen LogP contribution in [-0.4, -0.2) is 21.1 Å². The first-order valence-electron chi connectivity index (χ1n) is 6.70. The van der Waals surface area contributed by atoms with Gasteiger partial charge in [-0.05, 0) is 25.0 Å². The number of nitrogens with two attached hydrogens (primary N) is 1. The molecule has 2 aromatic rings. The number of alkyl halides is 2. The van der Waals surface area contributed by atoms with Crippen LogP contribution in [0.5, 0.6) is 0 Å². The molecule has 2 heterocycles. The van der Waals surface area contributed by atoms with E-state index in [1.165, 1.54) is 0 Å². The van der Waals surface area contributed by atoms with Crippen LogP contribution in [0.15, 0.2) is 24.4 Å². The first kappa shape index (κ1) is 13.0. The minimum atomic E-state index is -2.53. The molecule has 0 atom stereocenters. The SMILES string of the molecule is Nc1n[nH]c(C2CCC(F)(F)CC2)c1-c1ccccn1. The number of pyridine rings is 1. The largest absolute Gasteiger partial charge is 0.382 e. The third-order valence-electron chi connectivity index (χ3n) is 3.87. The number of aromatic nitrogens is 3. The molecule has 0 aliphatic heterocycles. The van der Waals surface area contributed by atoms with Crippen LogP contribution >= 0.6 is 0 Å². The van der Waals surface area contributed by atoms with Crippen molar-refractivity contribution in [3.63, 3.8) is 0 Å². The lowest BCUT2D eigenvalue weighted by Crippen LogP contribution is -2.24. The molecule has 0 amide bonds. The highest BCUT2D eigenvalue weighted by molar-refractivity contribution is 5.73. The molecule has 1 aliphatic carbocycles. The van der Waals surface area contributed by atoms with Gasteiger partial charge in [-0.2, -0.15) is 5.10 Å². The molecule has 1 fully saturated rings. The highest BCUT2D eigenvalue weighted by atomic mass is 19.3. The molecule has 0 radical (unpaired) electrons. The third-order valence-corrected chi connectivity index (χ3v) is 3.87. The average Bonchev–Trinajstić information content (AvgIpc) is 2.82. The molecule has 3 rings (SSSR count). The number of rotatable bonds is 2. The summed E-state index contributed by atoms with van der Waals surface area (Å²) in [5, 5.41) is 6.94. The lowest BCUT2D eigenvalue weighted by Gasteiger charge is -2.28. The molecule has 0 saturated heterocycles. The summed E-state index contributed by atoms with van der Waals surface area (Å²) in [6, 6.07) is 5.54. The molecule has 106 valence electrons. The Bertz CT molecular complexity index is 584. The predicted octanol–water partition coefficient (Wildman–Crippen LogP) is 3.35. The summed E-state index contributed by atoms with van der Waals surface area (Å²) < 4.78 is 26.5. The zero-order chi connectivity index (χ0) is 14.2. The van der Waals surface area contributed by atoms with Crippen molar-refractivity contribution in [2.24, 2.45) is 0 Å². The summed E-state index contributed by atoms with van der Waals surface area (Å²) in [7, 11) is 0. The standard InChI is InChI=1S/C14H16F2N4/c15-14(16)6-4-9(5-7-14)12-11(13(17)20-19-12)10-3-1-2-8-18-10/h1-3,8-9H,4-7H2,(H3,17,19,20). The van der Waals surface area contributed by atoms with Crippen LogP contribution in [0.25, 0.3) is 11.3 Å². The summed E-state index contributed by atoms with van der Waals surface area (Å²) in [5.74, 6) is -2.12. The van der Waals surface area contributed by atoms with E-state index in [1.807, 2.05) is 18.2 Å². The van der Waals surface area contributed by atoms with Crippen molar-refractivity contribution in [1.82, 2.24) is 15.2 Å². The number of H-pyrrole nitrogens is 1. The molecule has 0 spiro atoms. The number of anilines is 1. The third kappa shape index (κ3) is 2.37. The van der Waals surface area contributed by atoms with Gasteiger partial charge >= 0.3 is 0 Å². The maximum atomic E-state index is 13.3. The summed E-state index contributed by atoms with van der Waals surface area (Å²) in [5.41, 5.74) is 8.21. The van der Waals surface area contributed by atoms with Crippen LogP contribution in [0.4, 0.5) is 14.6 Å². The molecule has 3 N–H and O–H groups in total. The van der Waals surface area contributed by atoms with Gasteiger partial charge in [-0.15, -0.1) is 0 Å². The van der Waals surface area contributed by atoms with Crippen molar-refractivity contribution in [2.45, 2.75) is 37.5 Å². The van der Waals surface area contributed by atoms with E-state index in [0.29, 0.717) is 18.7 Å². The molecular weight excluding hydrogens is 262 g/mol. The highest BCUT2D eigenvalue weighted by Crippen LogP contribution is 2.43. The molecule has 1 saturated carbocycles. The van der Waals surface area contributed by atoms with E-state index in [-0.39, 0.29) is 18.8 Å². The van der Waals surface area contributed by atoms with Gasteiger partial charge < -0.3 is 5.73 Å². The zero-order valence-corrected chi connectivity index (χ0v) is 10.9. The van der Waals surface area contributed by atoms with Gasteiger partial charge in [0, 0.05) is 30.7 Å². The van der Waals surface area contributed by atoms with Crippen LogP contribution in [-0.2, 0) is 0 Å². The number of halogens is 2. The lowest BCUT2D eigenvalue weighted by atomic mass is 9.83. The monoisotopic (exact) mass is 278 g/mol. The van der Waals surface area contributed by atoms with Crippen molar-refractivity contribution in [2.75, 3.05) is 5.73 Å². The van der Waals surface area contributed by atoms with Gasteiger partial charge in [0.2, 0.25) is 5.92 Å². The Morgan fingerprint density at radius 1 is 1.25 bits per heavy atom. The predicted molar refractivity (Wildman–Crippen MR) is 72.4 cm³/mol. The van der Waals surface area contributed by atoms with E-state index >= 15 is 0 Å². The smallest absolute Gasteiger partial charge is 0.248 e. The van der Waals surface area contributed by atoms with Crippen LogP contribution in [0.3, 0.4) is 0 Å². The van der Waals surface area contributed by atoms with Crippen LogP contribution < -0.4 is 5.73 Å².